The fourth-order valence-corrected chi connectivity index (χ4v) is 4.14. The molecule has 4 rings (SSSR count). The summed E-state index contributed by atoms with van der Waals surface area (Å²) in [6.45, 7) is 3.92. The first-order chi connectivity index (χ1) is 11.6. The Morgan fingerprint density at radius 1 is 1.25 bits per heavy atom. The zero-order valence-electron chi connectivity index (χ0n) is 12.7. The van der Waals surface area contributed by atoms with E-state index >= 15 is 0 Å². The van der Waals surface area contributed by atoms with Crippen LogP contribution in [0.15, 0.2) is 31.6 Å². The third-order valence-electron chi connectivity index (χ3n) is 3.17. The lowest BCUT2D eigenvalue weighted by atomic mass is 10.4. The summed E-state index contributed by atoms with van der Waals surface area (Å²) in [4.78, 5) is 9.74. The monoisotopic (exact) mass is 422 g/mol. The zero-order chi connectivity index (χ0) is 16.7. The molecule has 0 aliphatic heterocycles. The average molecular weight is 423 g/mol. The molecule has 0 N–H and O–H groups in total. The lowest BCUT2D eigenvalue weighted by Gasteiger charge is -1.97. The number of halogens is 1. The largest absolute Gasteiger partial charge is 0.419 e. The fourth-order valence-electron chi connectivity index (χ4n) is 2.18. The van der Waals surface area contributed by atoms with Crippen molar-refractivity contribution in [2.45, 2.75) is 24.8 Å². The van der Waals surface area contributed by atoms with Crippen molar-refractivity contribution in [1.82, 2.24) is 29.8 Å². The molecule has 0 aliphatic carbocycles. The lowest BCUT2D eigenvalue weighted by Crippen LogP contribution is -1.97. The van der Waals surface area contributed by atoms with Crippen molar-refractivity contribution in [3.8, 4) is 10.8 Å². The van der Waals surface area contributed by atoms with Gasteiger partial charge >= 0.3 is 0 Å². The molecule has 0 saturated heterocycles. The number of aromatic nitrogens is 6. The quantitative estimate of drug-likeness (QED) is 0.461. The summed E-state index contributed by atoms with van der Waals surface area (Å²) in [5.41, 5.74) is 1.92. The molecule has 0 unspecified atom stereocenters. The van der Waals surface area contributed by atoms with Gasteiger partial charge in [0, 0.05) is 11.4 Å². The molecule has 4 aromatic heterocycles. The number of thioether (sulfide) groups is 1. The molecule has 0 saturated carbocycles. The van der Waals surface area contributed by atoms with Gasteiger partial charge in [-0.05, 0) is 48.0 Å². The molecule has 0 aromatic carbocycles. The Hall–Kier alpha value is -1.78. The third-order valence-corrected chi connectivity index (χ3v) is 5.61. The van der Waals surface area contributed by atoms with Crippen LogP contribution in [0.1, 0.15) is 17.3 Å². The predicted molar refractivity (Wildman–Crippen MR) is 95.1 cm³/mol. The second kappa shape index (κ2) is 6.26. The van der Waals surface area contributed by atoms with E-state index in [1.807, 2.05) is 32.0 Å². The van der Waals surface area contributed by atoms with Gasteiger partial charge < -0.3 is 4.42 Å². The van der Waals surface area contributed by atoms with Crippen molar-refractivity contribution in [1.29, 1.82) is 0 Å². The van der Waals surface area contributed by atoms with Crippen LogP contribution in [-0.2, 0) is 5.75 Å². The van der Waals surface area contributed by atoms with Gasteiger partial charge in [0.2, 0.25) is 11.0 Å². The van der Waals surface area contributed by atoms with Gasteiger partial charge in [-0.2, -0.15) is 4.98 Å². The van der Waals surface area contributed by atoms with Gasteiger partial charge in [0.1, 0.15) is 0 Å². The van der Waals surface area contributed by atoms with E-state index in [0.717, 1.165) is 20.1 Å². The summed E-state index contributed by atoms with van der Waals surface area (Å²) in [5.74, 6) is 2.18. The second-order valence-corrected chi connectivity index (χ2v) is 8.44. The van der Waals surface area contributed by atoms with Gasteiger partial charge in [0.25, 0.3) is 11.7 Å². The number of hydrogen-bond acceptors (Lipinski definition) is 8. The van der Waals surface area contributed by atoms with Crippen LogP contribution in [0.2, 0.25) is 0 Å². The Morgan fingerprint density at radius 2 is 2.12 bits per heavy atom. The maximum Gasteiger partial charge on any atom is 0.257 e. The molecule has 0 atom stereocenters. The average Bonchev–Trinajstić information content (AvgIpc) is 3.23. The molecule has 122 valence electrons. The van der Waals surface area contributed by atoms with E-state index in [9.17, 15) is 0 Å². The molecule has 10 heteroatoms. The number of aryl methyl sites for hydroxylation is 2. The van der Waals surface area contributed by atoms with Crippen LogP contribution >= 0.6 is 39.0 Å². The predicted octanol–water partition coefficient (Wildman–Crippen LogP) is 3.91. The Morgan fingerprint density at radius 3 is 2.92 bits per heavy atom. The molecular weight excluding hydrogens is 412 g/mol. The molecule has 0 bridgehead atoms. The topological polar surface area (TPSA) is 82.0 Å². The van der Waals surface area contributed by atoms with Gasteiger partial charge in [0.05, 0.1) is 14.4 Å². The second-order valence-electron chi connectivity index (χ2n) is 5.04. The third kappa shape index (κ3) is 3.08. The fraction of sp³-hybridized carbons (Fsp3) is 0.214. The highest BCUT2D eigenvalue weighted by molar-refractivity contribution is 9.11. The molecule has 4 aromatic rings. The summed E-state index contributed by atoms with van der Waals surface area (Å²) < 4.78 is 8.45. The van der Waals surface area contributed by atoms with Crippen LogP contribution in [0.25, 0.3) is 16.5 Å². The molecule has 24 heavy (non-hydrogen) atoms. The maximum absolute atomic E-state index is 5.69. The summed E-state index contributed by atoms with van der Waals surface area (Å²) in [5, 5.41) is 13.2. The van der Waals surface area contributed by atoms with E-state index in [-0.39, 0.29) is 0 Å². The Bertz CT molecular complexity index is 1020. The smallest absolute Gasteiger partial charge is 0.257 e. The Kier molecular flexibility index (Phi) is 4.10. The van der Waals surface area contributed by atoms with Gasteiger partial charge in [-0.25, -0.2) is 9.50 Å². The molecule has 4 heterocycles. The highest BCUT2D eigenvalue weighted by atomic mass is 79.9. The minimum absolute atomic E-state index is 0.508. The molecular formula is C14H11BrN6OS2. The summed E-state index contributed by atoms with van der Waals surface area (Å²) >= 11 is 6.42. The minimum atomic E-state index is 0.508. The van der Waals surface area contributed by atoms with Gasteiger partial charge in [0.15, 0.2) is 0 Å². The first kappa shape index (κ1) is 15.7. The molecule has 7 nitrogen and oxygen atoms in total. The number of fused-ring (bicyclic) bond motifs is 1. The van der Waals surface area contributed by atoms with Crippen LogP contribution < -0.4 is 0 Å². The van der Waals surface area contributed by atoms with Crippen LogP contribution in [-0.4, -0.2) is 29.8 Å². The van der Waals surface area contributed by atoms with Crippen molar-refractivity contribution in [3.63, 3.8) is 0 Å². The van der Waals surface area contributed by atoms with Gasteiger partial charge in [-0.15, -0.1) is 26.6 Å². The maximum atomic E-state index is 5.69. The van der Waals surface area contributed by atoms with E-state index in [2.05, 4.69) is 41.2 Å². The van der Waals surface area contributed by atoms with Crippen molar-refractivity contribution in [3.05, 3.63) is 39.3 Å². The molecule has 0 fully saturated rings. The van der Waals surface area contributed by atoms with Crippen molar-refractivity contribution >= 4 is 44.8 Å². The summed E-state index contributed by atoms with van der Waals surface area (Å²) in [6, 6.07) is 5.87. The number of thiophene rings is 1. The first-order valence-electron chi connectivity index (χ1n) is 7.00. The van der Waals surface area contributed by atoms with Crippen LogP contribution in [0.3, 0.4) is 0 Å². The van der Waals surface area contributed by atoms with E-state index in [0.29, 0.717) is 28.5 Å². The summed E-state index contributed by atoms with van der Waals surface area (Å²) in [6.07, 6.45) is 0. The van der Waals surface area contributed by atoms with Gasteiger partial charge in [-0.1, -0.05) is 11.8 Å². The zero-order valence-corrected chi connectivity index (χ0v) is 15.9. The lowest BCUT2D eigenvalue weighted by molar-refractivity contribution is 0.529. The standard InChI is InChI=1S/C14H11BrN6OS2/c1-7-5-8(2)21-13(16-7)17-14(20-21)23-6-11-18-19-12(22-11)9-3-4-10(15)24-9/h3-5H,6H2,1-2H3. The van der Waals surface area contributed by atoms with E-state index in [1.165, 1.54) is 11.8 Å². The van der Waals surface area contributed by atoms with E-state index in [1.54, 1.807) is 15.9 Å². The normalized spacial score (nSPS) is 11.5. The van der Waals surface area contributed by atoms with E-state index < -0.39 is 0 Å². The summed E-state index contributed by atoms with van der Waals surface area (Å²) in [7, 11) is 0. The Balaban J connectivity index is 1.51. The van der Waals surface area contributed by atoms with Crippen LogP contribution in [0.4, 0.5) is 0 Å². The number of nitrogens with zero attached hydrogens (tertiary/aromatic N) is 6. The van der Waals surface area contributed by atoms with E-state index in [4.69, 9.17) is 4.42 Å². The molecule has 0 radical (unpaired) electrons. The van der Waals surface area contributed by atoms with Crippen molar-refractivity contribution < 1.29 is 4.42 Å². The van der Waals surface area contributed by atoms with Crippen LogP contribution in [0, 0.1) is 13.8 Å². The van der Waals surface area contributed by atoms with Crippen molar-refractivity contribution in [2.24, 2.45) is 0 Å². The molecule has 0 amide bonds. The SMILES string of the molecule is Cc1cc(C)n2nc(SCc3nnc(-c4ccc(Br)s4)o3)nc2n1. The Labute approximate surface area is 153 Å². The molecule has 0 aliphatic rings. The number of hydrogen-bond donors (Lipinski definition) is 0. The highest BCUT2D eigenvalue weighted by Crippen LogP contribution is 2.31. The van der Waals surface area contributed by atoms with Crippen LogP contribution in [0.5, 0.6) is 0 Å². The van der Waals surface area contributed by atoms with Gasteiger partial charge in [-0.3, -0.25) is 0 Å². The van der Waals surface area contributed by atoms with Crippen molar-refractivity contribution in [2.75, 3.05) is 0 Å². The minimum Gasteiger partial charge on any atom is -0.419 e. The number of rotatable bonds is 4. The first-order valence-corrected chi connectivity index (χ1v) is 9.60. The molecule has 0 spiro atoms. The highest BCUT2D eigenvalue weighted by Gasteiger charge is 2.13.